The van der Waals surface area contributed by atoms with Gasteiger partial charge in [-0.25, -0.2) is 4.98 Å². The summed E-state index contributed by atoms with van der Waals surface area (Å²) < 4.78 is 10.8. The van der Waals surface area contributed by atoms with E-state index in [1.807, 2.05) is 36.4 Å². The Balaban J connectivity index is 1.62. The van der Waals surface area contributed by atoms with Crippen LogP contribution in [0.25, 0.3) is 11.4 Å². The fourth-order valence-corrected chi connectivity index (χ4v) is 3.81. The zero-order chi connectivity index (χ0) is 20.2. The summed E-state index contributed by atoms with van der Waals surface area (Å²) in [5, 5.41) is 0. The van der Waals surface area contributed by atoms with Gasteiger partial charge in [-0.3, -0.25) is 14.7 Å². The van der Waals surface area contributed by atoms with Crippen LogP contribution in [0.5, 0.6) is 11.5 Å². The molecule has 1 atom stereocenters. The van der Waals surface area contributed by atoms with Gasteiger partial charge in [0.05, 0.1) is 31.6 Å². The molecule has 0 spiro atoms. The van der Waals surface area contributed by atoms with Gasteiger partial charge in [0.1, 0.15) is 17.3 Å². The molecule has 7 heteroatoms. The predicted octanol–water partition coefficient (Wildman–Crippen LogP) is 3.19. The van der Waals surface area contributed by atoms with Crippen molar-refractivity contribution in [2.24, 2.45) is 0 Å². The Kier molecular flexibility index (Phi) is 5.57. The number of benzene rings is 1. The quantitative estimate of drug-likeness (QED) is 0.694. The predicted molar refractivity (Wildman–Crippen MR) is 110 cm³/mol. The summed E-state index contributed by atoms with van der Waals surface area (Å²) in [4.78, 5) is 26.6. The van der Waals surface area contributed by atoms with Crippen molar-refractivity contribution in [1.29, 1.82) is 0 Å². The smallest absolute Gasteiger partial charge is 0.251 e. The van der Waals surface area contributed by atoms with Gasteiger partial charge >= 0.3 is 0 Å². The van der Waals surface area contributed by atoms with Crippen molar-refractivity contribution in [2.75, 3.05) is 20.8 Å². The molecule has 0 unspecified atom stereocenters. The average molecular weight is 392 g/mol. The molecular weight excluding hydrogens is 368 g/mol. The van der Waals surface area contributed by atoms with E-state index in [0.717, 1.165) is 36.4 Å². The molecule has 0 radical (unpaired) electrons. The van der Waals surface area contributed by atoms with Gasteiger partial charge in [-0.2, -0.15) is 0 Å². The molecule has 2 aromatic heterocycles. The van der Waals surface area contributed by atoms with E-state index >= 15 is 0 Å². The zero-order valence-electron chi connectivity index (χ0n) is 16.6. The molecule has 0 amide bonds. The molecule has 3 heterocycles. The number of pyridine rings is 1. The average Bonchev–Trinajstić information content (AvgIpc) is 3.22. The second-order valence-electron chi connectivity index (χ2n) is 7.04. The van der Waals surface area contributed by atoms with Gasteiger partial charge in [0.15, 0.2) is 0 Å². The maximum atomic E-state index is 12.3. The number of nitrogens with one attached hydrogen (secondary N) is 1. The summed E-state index contributed by atoms with van der Waals surface area (Å²) in [7, 11) is 3.30. The van der Waals surface area contributed by atoms with E-state index < -0.39 is 0 Å². The van der Waals surface area contributed by atoms with Crippen LogP contribution < -0.4 is 15.0 Å². The van der Waals surface area contributed by atoms with Gasteiger partial charge in [-0.15, -0.1) is 0 Å². The Morgan fingerprint density at radius 2 is 2.03 bits per heavy atom. The van der Waals surface area contributed by atoms with Crippen LogP contribution in [0.1, 0.15) is 30.3 Å². The van der Waals surface area contributed by atoms with Crippen LogP contribution in [0, 0.1) is 0 Å². The Bertz CT molecular complexity index is 1040. The monoisotopic (exact) mass is 392 g/mol. The van der Waals surface area contributed by atoms with Gasteiger partial charge in [-0.1, -0.05) is 12.1 Å². The molecule has 1 saturated heterocycles. The molecule has 1 fully saturated rings. The second-order valence-corrected chi connectivity index (χ2v) is 7.04. The highest BCUT2D eigenvalue weighted by molar-refractivity contribution is 5.52. The zero-order valence-corrected chi connectivity index (χ0v) is 16.6. The van der Waals surface area contributed by atoms with E-state index in [9.17, 15) is 4.79 Å². The number of nitrogens with zero attached hydrogens (tertiary/aromatic N) is 3. The SMILES string of the molecule is COc1ccc(CN2CCC[C@@H]2c2nc(-c3ccccn3)cc(=O)[nH]2)c(OC)c1. The molecule has 1 aromatic carbocycles. The number of rotatable bonds is 6. The minimum absolute atomic E-state index is 0.0400. The Labute approximate surface area is 169 Å². The molecule has 1 aliphatic rings. The van der Waals surface area contributed by atoms with E-state index in [1.165, 1.54) is 6.07 Å². The summed E-state index contributed by atoms with van der Waals surface area (Å²) in [6.07, 6.45) is 3.68. The third-order valence-corrected chi connectivity index (χ3v) is 5.23. The van der Waals surface area contributed by atoms with Crippen molar-refractivity contribution in [3.05, 3.63) is 70.4 Å². The molecule has 0 bridgehead atoms. The molecule has 0 saturated carbocycles. The van der Waals surface area contributed by atoms with Crippen LogP contribution in [0.2, 0.25) is 0 Å². The number of H-pyrrole nitrogens is 1. The highest BCUT2D eigenvalue weighted by Crippen LogP contribution is 2.34. The topological polar surface area (TPSA) is 80.3 Å². The van der Waals surface area contributed by atoms with Gasteiger partial charge in [-0.05, 0) is 37.6 Å². The van der Waals surface area contributed by atoms with Gasteiger partial charge in [0.25, 0.3) is 5.56 Å². The standard InChI is InChI=1S/C22H24N4O3/c1-28-16-9-8-15(20(12-16)29-2)14-26-11-5-7-19(26)22-24-18(13-21(27)25-22)17-6-3-4-10-23-17/h3-4,6,8-10,12-13,19H,5,7,11,14H2,1-2H3,(H,24,25,27)/t19-/m1/s1. The van der Waals surface area contributed by atoms with Crippen LogP contribution >= 0.6 is 0 Å². The van der Waals surface area contributed by atoms with E-state index in [0.29, 0.717) is 23.8 Å². The molecule has 1 N–H and O–H groups in total. The lowest BCUT2D eigenvalue weighted by Gasteiger charge is -2.25. The van der Waals surface area contributed by atoms with Crippen molar-refractivity contribution >= 4 is 0 Å². The molecule has 1 aliphatic heterocycles. The summed E-state index contributed by atoms with van der Waals surface area (Å²) in [5.41, 5.74) is 2.20. The minimum atomic E-state index is -0.162. The summed E-state index contributed by atoms with van der Waals surface area (Å²) in [6, 6.07) is 13.0. The first-order chi connectivity index (χ1) is 14.2. The number of likely N-dealkylation sites (tertiary alicyclic amines) is 1. The lowest BCUT2D eigenvalue weighted by atomic mass is 10.1. The third kappa shape index (κ3) is 4.14. The van der Waals surface area contributed by atoms with Gasteiger partial charge in [0.2, 0.25) is 0 Å². The van der Waals surface area contributed by atoms with Crippen LogP contribution in [-0.2, 0) is 6.54 Å². The molecule has 7 nitrogen and oxygen atoms in total. The highest BCUT2D eigenvalue weighted by Gasteiger charge is 2.29. The lowest BCUT2D eigenvalue weighted by molar-refractivity contribution is 0.236. The summed E-state index contributed by atoms with van der Waals surface area (Å²) in [5.74, 6) is 2.24. The summed E-state index contributed by atoms with van der Waals surface area (Å²) >= 11 is 0. The first kappa shape index (κ1) is 19.1. The maximum absolute atomic E-state index is 12.3. The molecule has 150 valence electrons. The minimum Gasteiger partial charge on any atom is -0.497 e. The fourth-order valence-electron chi connectivity index (χ4n) is 3.81. The summed E-state index contributed by atoms with van der Waals surface area (Å²) in [6.45, 7) is 1.63. The number of aromatic amines is 1. The number of aromatic nitrogens is 3. The number of hydrogen-bond donors (Lipinski definition) is 1. The van der Waals surface area contributed by atoms with E-state index in [2.05, 4.69) is 14.9 Å². The number of hydrogen-bond acceptors (Lipinski definition) is 6. The van der Waals surface area contributed by atoms with Crippen LogP contribution in [0.3, 0.4) is 0 Å². The largest absolute Gasteiger partial charge is 0.497 e. The van der Waals surface area contributed by atoms with E-state index in [4.69, 9.17) is 14.5 Å². The Morgan fingerprint density at radius 1 is 1.14 bits per heavy atom. The van der Waals surface area contributed by atoms with Crippen molar-refractivity contribution in [1.82, 2.24) is 19.9 Å². The van der Waals surface area contributed by atoms with Crippen molar-refractivity contribution in [3.8, 4) is 22.9 Å². The lowest BCUT2D eigenvalue weighted by Crippen LogP contribution is -2.26. The van der Waals surface area contributed by atoms with Crippen LogP contribution in [0.4, 0.5) is 0 Å². The first-order valence-electron chi connectivity index (χ1n) is 9.65. The van der Waals surface area contributed by atoms with Gasteiger partial charge in [0, 0.05) is 30.4 Å². The molecule has 0 aliphatic carbocycles. The second kappa shape index (κ2) is 8.45. The van der Waals surface area contributed by atoms with Crippen molar-refractivity contribution in [2.45, 2.75) is 25.4 Å². The van der Waals surface area contributed by atoms with Gasteiger partial charge < -0.3 is 14.5 Å². The molecule has 4 rings (SSSR count). The highest BCUT2D eigenvalue weighted by atomic mass is 16.5. The molecule has 3 aromatic rings. The number of ether oxygens (including phenoxy) is 2. The van der Waals surface area contributed by atoms with Crippen molar-refractivity contribution < 1.29 is 9.47 Å². The Hall–Kier alpha value is -3.19. The third-order valence-electron chi connectivity index (χ3n) is 5.23. The fraction of sp³-hybridized carbons (Fsp3) is 0.318. The molecular formula is C22H24N4O3. The van der Waals surface area contributed by atoms with Crippen LogP contribution in [0.15, 0.2) is 53.5 Å². The normalized spacial score (nSPS) is 16.7. The first-order valence-corrected chi connectivity index (χ1v) is 9.65. The van der Waals surface area contributed by atoms with Crippen LogP contribution in [-0.4, -0.2) is 40.6 Å². The Morgan fingerprint density at radius 3 is 2.79 bits per heavy atom. The van der Waals surface area contributed by atoms with E-state index in [1.54, 1.807) is 20.4 Å². The van der Waals surface area contributed by atoms with Crippen molar-refractivity contribution in [3.63, 3.8) is 0 Å². The molecule has 29 heavy (non-hydrogen) atoms. The number of methoxy groups -OCH3 is 2. The van der Waals surface area contributed by atoms with E-state index in [-0.39, 0.29) is 11.6 Å². The maximum Gasteiger partial charge on any atom is 0.251 e.